The summed E-state index contributed by atoms with van der Waals surface area (Å²) in [5.41, 5.74) is 2.53. The van der Waals surface area contributed by atoms with Gasteiger partial charge < -0.3 is 15.1 Å². The standard InChI is InChI=1S/C21H32N4O2/c1-3-19(26)25-13-8-17(9-14-25)20-18(7-6-16(2)23-20)21(27)22-10-15-24-11-4-5-12-24/h6-7,17H,3-5,8-15H2,1-2H3,(H,22,27). The highest BCUT2D eigenvalue weighted by atomic mass is 16.2. The lowest BCUT2D eigenvalue weighted by molar-refractivity contribution is -0.131. The lowest BCUT2D eigenvalue weighted by Gasteiger charge is -2.32. The van der Waals surface area contributed by atoms with Crippen LogP contribution in [0.15, 0.2) is 12.1 Å². The molecule has 0 spiro atoms. The minimum atomic E-state index is -0.0243. The van der Waals surface area contributed by atoms with Crippen LogP contribution in [0, 0.1) is 6.92 Å². The van der Waals surface area contributed by atoms with Gasteiger partial charge in [0.15, 0.2) is 0 Å². The highest BCUT2D eigenvalue weighted by molar-refractivity contribution is 5.95. The van der Waals surface area contributed by atoms with Crippen molar-refractivity contribution in [2.24, 2.45) is 0 Å². The number of piperidine rings is 1. The van der Waals surface area contributed by atoms with Crippen molar-refractivity contribution in [2.75, 3.05) is 39.3 Å². The molecule has 6 nitrogen and oxygen atoms in total. The number of nitrogens with one attached hydrogen (secondary N) is 1. The van der Waals surface area contributed by atoms with Crippen LogP contribution in [0.5, 0.6) is 0 Å². The Labute approximate surface area is 162 Å². The summed E-state index contributed by atoms with van der Waals surface area (Å²) in [5, 5.41) is 3.08. The number of hydrogen-bond donors (Lipinski definition) is 1. The topological polar surface area (TPSA) is 65.5 Å². The van der Waals surface area contributed by atoms with E-state index in [1.807, 2.05) is 30.9 Å². The third-order valence-corrected chi connectivity index (χ3v) is 5.76. The SMILES string of the molecule is CCC(=O)N1CCC(c2nc(C)ccc2C(=O)NCCN2CCCC2)CC1. The minimum absolute atomic E-state index is 0.0243. The van der Waals surface area contributed by atoms with E-state index < -0.39 is 0 Å². The van der Waals surface area contributed by atoms with Crippen LogP contribution < -0.4 is 5.32 Å². The van der Waals surface area contributed by atoms with Gasteiger partial charge in [-0.1, -0.05) is 6.92 Å². The molecule has 2 aliphatic heterocycles. The maximum absolute atomic E-state index is 12.8. The van der Waals surface area contributed by atoms with Crippen LogP contribution in [0.2, 0.25) is 0 Å². The summed E-state index contributed by atoms with van der Waals surface area (Å²) >= 11 is 0. The molecule has 27 heavy (non-hydrogen) atoms. The number of pyridine rings is 1. The first-order valence-electron chi connectivity index (χ1n) is 10.3. The van der Waals surface area contributed by atoms with Crippen LogP contribution in [0.25, 0.3) is 0 Å². The number of carbonyl (C=O) groups is 2. The van der Waals surface area contributed by atoms with E-state index in [4.69, 9.17) is 4.98 Å². The second-order valence-electron chi connectivity index (χ2n) is 7.70. The number of nitrogens with zero attached hydrogens (tertiary/aromatic N) is 3. The van der Waals surface area contributed by atoms with Crippen molar-refractivity contribution < 1.29 is 9.59 Å². The zero-order valence-electron chi connectivity index (χ0n) is 16.7. The molecule has 1 N–H and O–H groups in total. The normalized spacial score (nSPS) is 18.7. The molecule has 0 aromatic carbocycles. The number of aromatic nitrogens is 1. The Hall–Kier alpha value is -1.95. The van der Waals surface area contributed by atoms with E-state index in [9.17, 15) is 9.59 Å². The smallest absolute Gasteiger partial charge is 0.253 e. The van der Waals surface area contributed by atoms with Crippen molar-refractivity contribution in [3.63, 3.8) is 0 Å². The van der Waals surface area contributed by atoms with Gasteiger partial charge in [-0.05, 0) is 57.8 Å². The molecule has 0 atom stereocenters. The number of hydrogen-bond acceptors (Lipinski definition) is 4. The molecule has 1 aromatic heterocycles. The lowest BCUT2D eigenvalue weighted by atomic mass is 9.89. The Kier molecular flexibility index (Phi) is 6.83. The molecule has 3 rings (SSSR count). The van der Waals surface area contributed by atoms with Crippen molar-refractivity contribution in [3.8, 4) is 0 Å². The van der Waals surface area contributed by atoms with E-state index in [0.29, 0.717) is 18.5 Å². The molecule has 6 heteroatoms. The van der Waals surface area contributed by atoms with Crippen LogP contribution in [0.4, 0.5) is 0 Å². The molecule has 0 radical (unpaired) electrons. The lowest BCUT2D eigenvalue weighted by Crippen LogP contribution is -2.38. The van der Waals surface area contributed by atoms with Gasteiger partial charge in [-0.2, -0.15) is 0 Å². The maximum atomic E-state index is 12.8. The largest absolute Gasteiger partial charge is 0.351 e. The first-order chi connectivity index (χ1) is 13.1. The molecule has 0 bridgehead atoms. The predicted molar refractivity (Wildman–Crippen MR) is 106 cm³/mol. The van der Waals surface area contributed by atoms with E-state index in [0.717, 1.165) is 57.0 Å². The Balaban J connectivity index is 1.62. The third-order valence-electron chi connectivity index (χ3n) is 5.76. The molecule has 3 heterocycles. The van der Waals surface area contributed by atoms with Crippen LogP contribution in [0.3, 0.4) is 0 Å². The van der Waals surface area contributed by atoms with Gasteiger partial charge in [0, 0.05) is 44.2 Å². The van der Waals surface area contributed by atoms with Crippen LogP contribution >= 0.6 is 0 Å². The molecule has 2 aliphatic rings. The monoisotopic (exact) mass is 372 g/mol. The molecule has 0 aliphatic carbocycles. The zero-order valence-corrected chi connectivity index (χ0v) is 16.7. The second kappa shape index (κ2) is 9.31. The molecule has 2 amide bonds. The second-order valence-corrected chi connectivity index (χ2v) is 7.70. The summed E-state index contributed by atoms with van der Waals surface area (Å²) in [7, 11) is 0. The quantitative estimate of drug-likeness (QED) is 0.832. The van der Waals surface area contributed by atoms with E-state index in [1.54, 1.807) is 0 Å². The van der Waals surface area contributed by atoms with Gasteiger partial charge in [-0.3, -0.25) is 14.6 Å². The van der Waals surface area contributed by atoms with E-state index in [-0.39, 0.29) is 17.7 Å². The maximum Gasteiger partial charge on any atom is 0.253 e. The molecule has 148 valence electrons. The van der Waals surface area contributed by atoms with Crippen molar-refractivity contribution in [3.05, 3.63) is 29.1 Å². The number of aryl methyl sites for hydroxylation is 1. The fourth-order valence-corrected chi connectivity index (χ4v) is 4.13. The van der Waals surface area contributed by atoms with Gasteiger partial charge in [0.25, 0.3) is 5.91 Å². The Morgan fingerprint density at radius 3 is 2.52 bits per heavy atom. The van der Waals surface area contributed by atoms with Gasteiger partial charge >= 0.3 is 0 Å². The van der Waals surface area contributed by atoms with Crippen molar-refractivity contribution in [1.29, 1.82) is 0 Å². The Bertz CT molecular complexity index is 662. The average molecular weight is 373 g/mol. The first-order valence-corrected chi connectivity index (χ1v) is 10.3. The molecule has 0 unspecified atom stereocenters. The van der Waals surface area contributed by atoms with Gasteiger partial charge in [-0.15, -0.1) is 0 Å². The highest BCUT2D eigenvalue weighted by Gasteiger charge is 2.27. The van der Waals surface area contributed by atoms with Gasteiger partial charge in [0.2, 0.25) is 5.91 Å². The summed E-state index contributed by atoms with van der Waals surface area (Å²) in [5.74, 6) is 0.430. The first kappa shape index (κ1) is 19.8. The number of carbonyl (C=O) groups excluding carboxylic acids is 2. The van der Waals surface area contributed by atoms with Gasteiger partial charge in [0.05, 0.1) is 11.3 Å². The van der Waals surface area contributed by atoms with E-state index in [1.165, 1.54) is 12.8 Å². The van der Waals surface area contributed by atoms with Crippen molar-refractivity contribution in [2.45, 2.75) is 51.9 Å². The molecule has 0 saturated carbocycles. The highest BCUT2D eigenvalue weighted by Crippen LogP contribution is 2.29. The number of amides is 2. The van der Waals surface area contributed by atoms with Crippen LogP contribution in [-0.4, -0.2) is 65.9 Å². The zero-order chi connectivity index (χ0) is 19.2. The predicted octanol–water partition coefficient (Wildman–Crippen LogP) is 2.33. The summed E-state index contributed by atoms with van der Waals surface area (Å²) < 4.78 is 0. The molecule has 2 fully saturated rings. The summed E-state index contributed by atoms with van der Waals surface area (Å²) in [6.45, 7) is 9.25. The van der Waals surface area contributed by atoms with Crippen LogP contribution in [-0.2, 0) is 4.79 Å². The average Bonchev–Trinajstić information content (AvgIpc) is 3.21. The molecule has 1 aromatic rings. The summed E-state index contributed by atoms with van der Waals surface area (Å²) in [6.07, 6.45) is 4.82. The Morgan fingerprint density at radius 1 is 1.15 bits per heavy atom. The van der Waals surface area contributed by atoms with Crippen molar-refractivity contribution >= 4 is 11.8 Å². The summed E-state index contributed by atoms with van der Waals surface area (Å²) in [6, 6.07) is 3.82. The summed E-state index contributed by atoms with van der Waals surface area (Å²) in [4.78, 5) is 33.7. The van der Waals surface area contributed by atoms with E-state index >= 15 is 0 Å². The minimum Gasteiger partial charge on any atom is -0.351 e. The Morgan fingerprint density at radius 2 is 1.85 bits per heavy atom. The molecular weight excluding hydrogens is 340 g/mol. The third kappa shape index (κ3) is 5.06. The number of rotatable bonds is 6. The van der Waals surface area contributed by atoms with E-state index in [2.05, 4.69) is 10.2 Å². The molecule has 2 saturated heterocycles. The number of likely N-dealkylation sites (tertiary alicyclic amines) is 2. The molecular formula is C21H32N4O2. The fraction of sp³-hybridized carbons (Fsp3) is 0.667. The van der Waals surface area contributed by atoms with Gasteiger partial charge in [0.1, 0.15) is 0 Å². The van der Waals surface area contributed by atoms with Crippen LogP contribution in [0.1, 0.15) is 66.7 Å². The van der Waals surface area contributed by atoms with Gasteiger partial charge in [-0.25, -0.2) is 0 Å². The van der Waals surface area contributed by atoms with Crippen molar-refractivity contribution in [1.82, 2.24) is 20.1 Å². The fourth-order valence-electron chi connectivity index (χ4n) is 4.13.